The first kappa shape index (κ1) is 13.5. The van der Waals surface area contributed by atoms with Gasteiger partial charge in [-0.2, -0.15) is 5.26 Å². The first-order valence-electron chi connectivity index (χ1n) is 6.02. The molecule has 96 valence electrons. The highest BCUT2D eigenvalue weighted by Crippen LogP contribution is 2.23. The molecule has 0 aromatic heterocycles. The summed E-state index contributed by atoms with van der Waals surface area (Å²) in [5, 5.41) is 9.22. The van der Waals surface area contributed by atoms with Crippen LogP contribution < -0.4 is 0 Å². The predicted octanol–water partition coefficient (Wildman–Crippen LogP) is 3.65. The smallest absolute Gasteiger partial charge is 0.101 e. The molecule has 0 heterocycles. The quantitative estimate of drug-likeness (QED) is 0.835. The molecule has 2 aromatic rings. The lowest BCUT2D eigenvalue weighted by Crippen LogP contribution is -1.99. The molecule has 0 saturated heterocycles. The highest BCUT2D eigenvalue weighted by molar-refractivity contribution is 7.85. The second-order valence-electron chi connectivity index (χ2n) is 4.65. The minimum Gasteiger partial charge on any atom is -0.249 e. The molecule has 2 nitrogen and oxygen atoms in total. The number of nitrogens with zero attached hydrogens (tertiary/aromatic N) is 1. The molecule has 1 unspecified atom stereocenters. The first-order chi connectivity index (χ1) is 9.02. The molecule has 0 spiro atoms. The number of aryl methyl sites for hydroxylation is 3. The van der Waals surface area contributed by atoms with E-state index < -0.39 is 10.8 Å². The van der Waals surface area contributed by atoms with Gasteiger partial charge in [-0.1, -0.05) is 18.2 Å². The SMILES string of the molecule is Cc1cc(C)cc(S(=O)c2cccc(C)c2C#N)c1. The van der Waals surface area contributed by atoms with Gasteiger partial charge in [-0.05, 0) is 55.7 Å². The fraction of sp³-hybridized carbons (Fsp3) is 0.188. The number of nitriles is 1. The summed E-state index contributed by atoms with van der Waals surface area (Å²) in [6.07, 6.45) is 0. The van der Waals surface area contributed by atoms with Gasteiger partial charge in [-0.3, -0.25) is 0 Å². The van der Waals surface area contributed by atoms with Gasteiger partial charge in [0.25, 0.3) is 0 Å². The van der Waals surface area contributed by atoms with Crippen molar-refractivity contribution >= 4 is 10.8 Å². The van der Waals surface area contributed by atoms with Crippen LogP contribution >= 0.6 is 0 Å². The van der Waals surface area contributed by atoms with Crippen molar-refractivity contribution < 1.29 is 4.21 Å². The molecule has 0 radical (unpaired) electrons. The van der Waals surface area contributed by atoms with Gasteiger partial charge in [-0.25, -0.2) is 4.21 Å². The summed E-state index contributed by atoms with van der Waals surface area (Å²) < 4.78 is 12.6. The lowest BCUT2D eigenvalue weighted by atomic mass is 10.1. The Kier molecular flexibility index (Phi) is 3.82. The number of rotatable bonds is 2. The molecule has 0 fully saturated rings. The van der Waals surface area contributed by atoms with Gasteiger partial charge in [0.2, 0.25) is 0 Å². The summed E-state index contributed by atoms with van der Waals surface area (Å²) in [5.74, 6) is 0. The maximum absolute atomic E-state index is 12.6. The zero-order valence-corrected chi connectivity index (χ0v) is 12.0. The molecular weight excluding hydrogens is 254 g/mol. The van der Waals surface area contributed by atoms with Gasteiger partial charge in [-0.15, -0.1) is 0 Å². The second kappa shape index (κ2) is 5.38. The first-order valence-corrected chi connectivity index (χ1v) is 7.17. The van der Waals surface area contributed by atoms with Gasteiger partial charge in [0, 0.05) is 4.90 Å². The Morgan fingerprint density at radius 3 is 2.26 bits per heavy atom. The fourth-order valence-electron chi connectivity index (χ4n) is 2.11. The van der Waals surface area contributed by atoms with Crippen LogP contribution in [0.3, 0.4) is 0 Å². The molecule has 0 aliphatic rings. The minimum atomic E-state index is -1.31. The van der Waals surface area contributed by atoms with Gasteiger partial charge >= 0.3 is 0 Å². The molecule has 0 saturated carbocycles. The van der Waals surface area contributed by atoms with Crippen molar-refractivity contribution in [2.45, 2.75) is 30.6 Å². The van der Waals surface area contributed by atoms with Crippen molar-refractivity contribution in [2.75, 3.05) is 0 Å². The van der Waals surface area contributed by atoms with Crippen LogP contribution in [-0.2, 0) is 10.8 Å². The van der Waals surface area contributed by atoms with E-state index >= 15 is 0 Å². The normalized spacial score (nSPS) is 11.9. The number of hydrogen-bond donors (Lipinski definition) is 0. The Balaban J connectivity index is 2.57. The number of hydrogen-bond acceptors (Lipinski definition) is 2. The van der Waals surface area contributed by atoms with Crippen LogP contribution in [-0.4, -0.2) is 4.21 Å². The topological polar surface area (TPSA) is 40.9 Å². The molecule has 0 bridgehead atoms. The van der Waals surface area contributed by atoms with E-state index in [1.54, 1.807) is 6.07 Å². The van der Waals surface area contributed by atoms with E-state index in [0.717, 1.165) is 21.6 Å². The lowest BCUT2D eigenvalue weighted by molar-refractivity contribution is 0.682. The van der Waals surface area contributed by atoms with E-state index in [-0.39, 0.29) is 0 Å². The maximum atomic E-state index is 12.6. The fourth-order valence-corrected chi connectivity index (χ4v) is 3.54. The highest BCUT2D eigenvalue weighted by atomic mass is 32.2. The van der Waals surface area contributed by atoms with E-state index in [9.17, 15) is 9.47 Å². The van der Waals surface area contributed by atoms with E-state index in [0.29, 0.717) is 10.5 Å². The molecule has 0 amide bonds. The van der Waals surface area contributed by atoms with E-state index in [1.165, 1.54) is 0 Å². The van der Waals surface area contributed by atoms with Gasteiger partial charge < -0.3 is 0 Å². The molecule has 1 atom stereocenters. The number of benzene rings is 2. The second-order valence-corrected chi connectivity index (χ2v) is 6.10. The molecule has 2 aromatic carbocycles. The molecule has 0 aliphatic heterocycles. The standard InChI is InChI=1S/C16H15NOS/c1-11-7-12(2)9-14(8-11)19(18)16-6-4-5-13(3)15(16)10-17/h4-9H,1-3H3. The van der Waals surface area contributed by atoms with Crippen molar-refractivity contribution in [3.05, 3.63) is 58.7 Å². The molecular formula is C16H15NOS. The molecule has 19 heavy (non-hydrogen) atoms. The van der Waals surface area contributed by atoms with Gasteiger partial charge in [0.15, 0.2) is 0 Å². The van der Waals surface area contributed by atoms with Crippen molar-refractivity contribution in [1.29, 1.82) is 5.26 Å². The van der Waals surface area contributed by atoms with Gasteiger partial charge in [0.1, 0.15) is 6.07 Å². The van der Waals surface area contributed by atoms with Crippen LogP contribution in [0.4, 0.5) is 0 Å². The van der Waals surface area contributed by atoms with E-state index in [1.807, 2.05) is 51.1 Å². The Bertz CT molecular complexity index is 678. The van der Waals surface area contributed by atoms with Crippen molar-refractivity contribution in [3.63, 3.8) is 0 Å². The maximum Gasteiger partial charge on any atom is 0.101 e. The van der Waals surface area contributed by atoms with E-state index in [4.69, 9.17) is 0 Å². The minimum absolute atomic E-state index is 0.514. The highest BCUT2D eigenvalue weighted by Gasteiger charge is 2.14. The average Bonchev–Trinajstić information content (AvgIpc) is 2.36. The van der Waals surface area contributed by atoms with Crippen LogP contribution in [0, 0.1) is 32.1 Å². The predicted molar refractivity (Wildman–Crippen MR) is 76.5 cm³/mol. The summed E-state index contributed by atoms with van der Waals surface area (Å²) in [6.45, 7) is 5.82. The molecule has 0 aliphatic carbocycles. The van der Waals surface area contributed by atoms with Crippen molar-refractivity contribution in [2.24, 2.45) is 0 Å². The zero-order valence-electron chi connectivity index (χ0n) is 11.2. The Morgan fingerprint density at radius 2 is 1.68 bits per heavy atom. The third-order valence-corrected chi connectivity index (χ3v) is 4.36. The van der Waals surface area contributed by atoms with Crippen LogP contribution in [0.5, 0.6) is 0 Å². The summed E-state index contributed by atoms with van der Waals surface area (Å²) >= 11 is 0. The summed E-state index contributed by atoms with van der Waals surface area (Å²) in [6, 6.07) is 13.5. The van der Waals surface area contributed by atoms with Crippen molar-refractivity contribution in [3.8, 4) is 6.07 Å². The van der Waals surface area contributed by atoms with Gasteiger partial charge in [0.05, 0.1) is 21.3 Å². The largest absolute Gasteiger partial charge is 0.249 e. The molecule has 0 N–H and O–H groups in total. The van der Waals surface area contributed by atoms with Crippen LogP contribution in [0.2, 0.25) is 0 Å². The Labute approximate surface area is 116 Å². The summed E-state index contributed by atoms with van der Waals surface area (Å²) in [7, 11) is -1.31. The van der Waals surface area contributed by atoms with Crippen LogP contribution in [0.15, 0.2) is 46.2 Å². The molecule has 2 rings (SSSR count). The van der Waals surface area contributed by atoms with Crippen LogP contribution in [0.1, 0.15) is 22.3 Å². The third kappa shape index (κ3) is 2.74. The lowest BCUT2D eigenvalue weighted by Gasteiger charge is -2.08. The summed E-state index contributed by atoms with van der Waals surface area (Å²) in [5.41, 5.74) is 3.53. The van der Waals surface area contributed by atoms with E-state index in [2.05, 4.69) is 6.07 Å². The van der Waals surface area contributed by atoms with Crippen molar-refractivity contribution in [1.82, 2.24) is 0 Å². The monoisotopic (exact) mass is 269 g/mol. The van der Waals surface area contributed by atoms with Crippen LogP contribution in [0.25, 0.3) is 0 Å². The zero-order chi connectivity index (χ0) is 14.0. The summed E-state index contributed by atoms with van der Waals surface area (Å²) in [4.78, 5) is 1.34. The third-order valence-electron chi connectivity index (χ3n) is 2.96. The molecule has 3 heteroatoms. The Hall–Kier alpha value is -1.92. The average molecular weight is 269 g/mol. The Morgan fingerprint density at radius 1 is 1.05 bits per heavy atom.